The summed E-state index contributed by atoms with van der Waals surface area (Å²) in [5.41, 5.74) is 2.79. The van der Waals surface area contributed by atoms with Crippen LogP contribution in [0.4, 0.5) is 11.4 Å². The maximum absolute atomic E-state index is 3.85. The molecule has 1 saturated carbocycles. The van der Waals surface area contributed by atoms with Crippen molar-refractivity contribution in [2.24, 2.45) is 5.92 Å². The van der Waals surface area contributed by atoms with Gasteiger partial charge in [-0.05, 0) is 63.0 Å². The van der Waals surface area contributed by atoms with Gasteiger partial charge in [0.25, 0.3) is 0 Å². The highest BCUT2D eigenvalue weighted by Gasteiger charge is 2.21. The Kier molecular flexibility index (Phi) is 5.05. The van der Waals surface area contributed by atoms with E-state index in [0.29, 0.717) is 6.04 Å². The van der Waals surface area contributed by atoms with E-state index in [1.165, 1.54) is 75.8 Å². The zero-order valence-corrected chi connectivity index (χ0v) is 13.5. The standard InChI is InChI=1S/C19H30N2/c1-2-16-10-12-17(13-11-16)20-18-8-4-5-9-19(18)21-14-6-3-7-15-21/h4-5,8-9,16-17,20H,2-3,6-7,10-15H2,1H3. The Bertz CT molecular complexity index is 429. The summed E-state index contributed by atoms with van der Waals surface area (Å²) < 4.78 is 0. The summed E-state index contributed by atoms with van der Waals surface area (Å²) in [5, 5.41) is 3.85. The van der Waals surface area contributed by atoms with Crippen molar-refractivity contribution in [1.82, 2.24) is 0 Å². The molecule has 21 heavy (non-hydrogen) atoms. The molecule has 1 aliphatic carbocycles. The van der Waals surface area contributed by atoms with Crippen molar-refractivity contribution in [1.29, 1.82) is 0 Å². The van der Waals surface area contributed by atoms with Gasteiger partial charge in [-0.2, -0.15) is 0 Å². The molecular formula is C19H30N2. The molecule has 3 rings (SSSR count). The third-order valence-corrected chi connectivity index (χ3v) is 5.38. The van der Waals surface area contributed by atoms with Gasteiger partial charge in [0, 0.05) is 19.1 Å². The molecular weight excluding hydrogens is 256 g/mol. The molecule has 1 saturated heterocycles. The number of hydrogen-bond acceptors (Lipinski definition) is 2. The highest BCUT2D eigenvalue weighted by molar-refractivity contribution is 5.70. The second-order valence-electron chi connectivity index (χ2n) is 6.84. The van der Waals surface area contributed by atoms with Gasteiger partial charge in [0.2, 0.25) is 0 Å². The third kappa shape index (κ3) is 3.72. The average Bonchev–Trinajstić information content (AvgIpc) is 2.57. The SMILES string of the molecule is CCC1CCC(Nc2ccccc2N2CCCCC2)CC1. The summed E-state index contributed by atoms with van der Waals surface area (Å²) in [4.78, 5) is 2.57. The largest absolute Gasteiger partial charge is 0.381 e. The van der Waals surface area contributed by atoms with Crippen LogP contribution in [-0.2, 0) is 0 Å². The number of anilines is 2. The Morgan fingerprint density at radius 1 is 1.00 bits per heavy atom. The van der Waals surface area contributed by atoms with Gasteiger partial charge >= 0.3 is 0 Å². The monoisotopic (exact) mass is 286 g/mol. The first kappa shape index (κ1) is 14.7. The lowest BCUT2D eigenvalue weighted by atomic mass is 9.84. The van der Waals surface area contributed by atoms with Crippen molar-refractivity contribution < 1.29 is 0 Å². The molecule has 1 aromatic rings. The van der Waals surface area contributed by atoms with E-state index in [2.05, 4.69) is 41.4 Å². The molecule has 1 aromatic carbocycles. The lowest BCUT2D eigenvalue weighted by Crippen LogP contribution is -2.31. The highest BCUT2D eigenvalue weighted by atomic mass is 15.2. The van der Waals surface area contributed by atoms with Crippen LogP contribution in [0, 0.1) is 5.92 Å². The summed E-state index contributed by atoms with van der Waals surface area (Å²) in [6.07, 6.45) is 10.9. The number of nitrogens with zero attached hydrogens (tertiary/aromatic N) is 1. The Morgan fingerprint density at radius 2 is 1.71 bits per heavy atom. The quantitative estimate of drug-likeness (QED) is 0.832. The Balaban J connectivity index is 1.65. The molecule has 0 atom stereocenters. The first-order chi connectivity index (χ1) is 10.4. The van der Waals surface area contributed by atoms with Crippen molar-refractivity contribution in [2.75, 3.05) is 23.3 Å². The van der Waals surface area contributed by atoms with Crippen LogP contribution in [0.3, 0.4) is 0 Å². The smallest absolute Gasteiger partial charge is 0.0602 e. The molecule has 0 bridgehead atoms. The lowest BCUT2D eigenvalue weighted by Gasteiger charge is -2.33. The number of para-hydroxylation sites is 2. The van der Waals surface area contributed by atoms with Crippen LogP contribution in [0.15, 0.2) is 24.3 Å². The fourth-order valence-electron chi connectivity index (χ4n) is 3.94. The average molecular weight is 286 g/mol. The zero-order valence-electron chi connectivity index (χ0n) is 13.5. The predicted molar refractivity (Wildman–Crippen MR) is 92.2 cm³/mol. The number of hydrogen-bond donors (Lipinski definition) is 1. The Labute approximate surface area is 129 Å². The van der Waals surface area contributed by atoms with E-state index < -0.39 is 0 Å². The van der Waals surface area contributed by atoms with E-state index in [9.17, 15) is 0 Å². The van der Waals surface area contributed by atoms with Gasteiger partial charge in [0.15, 0.2) is 0 Å². The van der Waals surface area contributed by atoms with E-state index in [4.69, 9.17) is 0 Å². The van der Waals surface area contributed by atoms with Crippen LogP contribution < -0.4 is 10.2 Å². The van der Waals surface area contributed by atoms with Crippen molar-refractivity contribution in [2.45, 2.75) is 64.3 Å². The van der Waals surface area contributed by atoms with Crippen LogP contribution in [0.1, 0.15) is 58.3 Å². The Hall–Kier alpha value is -1.18. The van der Waals surface area contributed by atoms with E-state index >= 15 is 0 Å². The van der Waals surface area contributed by atoms with Crippen molar-refractivity contribution in [3.8, 4) is 0 Å². The first-order valence-electron chi connectivity index (χ1n) is 8.97. The van der Waals surface area contributed by atoms with Crippen molar-refractivity contribution in [3.05, 3.63) is 24.3 Å². The Morgan fingerprint density at radius 3 is 2.43 bits per heavy atom. The van der Waals surface area contributed by atoms with Crippen molar-refractivity contribution in [3.63, 3.8) is 0 Å². The van der Waals surface area contributed by atoms with Crippen molar-refractivity contribution >= 4 is 11.4 Å². The van der Waals surface area contributed by atoms with Gasteiger partial charge in [0.05, 0.1) is 11.4 Å². The topological polar surface area (TPSA) is 15.3 Å². The molecule has 116 valence electrons. The van der Waals surface area contributed by atoms with E-state index in [-0.39, 0.29) is 0 Å². The van der Waals surface area contributed by atoms with E-state index in [0.717, 1.165) is 5.92 Å². The van der Waals surface area contributed by atoms with Gasteiger partial charge in [-0.15, -0.1) is 0 Å². The summed E-state index contributed by atoms with van der Waals surface area (Å²) in [5.74, 6) is 0.973. The van der Waals surface area contributed by atoms with Gasteiger partial charge in [-0.3, -0.25) is 0 Å². The van der Waals surface area contributed by atoms with Gasteiger partial charge < -0.3 is 10.2 Å². The molecule has 2 heteroatoms. The van der Waals surface area contributed by atoms with E-state index in [1.807, 2.05) is 0 Å². The minimum atomic E-state index is 0.679. The fourth-order valence-corrected chi connectivity index (χ4v) is 3.94. The van der Waals surface area contributed by atoms with Crippen LogP contribution in [0.2, 0.25) is 0 Å². The molecule has 2 fully saturated rings. The highest BCUT2D eigenvalue weighted by Crippen LogP contribution is 2.33. The second kappa shape index (κ2) is 7.20. The second-order valence-corrected chi connectivity index (χ2v) is 6.84. The normalized spacial score (nSPS) is 26.6. The lowest BCUT2D eigenvalue weighted by molar-refractivity contribution is 0.330. The van der Waals surface area contributed by atoms with Gasteiger partial charge in [-0.1, -0.05) is 25.5 Å². The van der Waals surface area contributed by atoms with Gasteiger partial charge in [-0.25, -0.2) is 0 Å². The van der Waals surface area contributed by atoms with Crippen LogP contribution in [0.5, 0.6) is 0 Å². The molecule has 0 unspecified atom stereocenters. The molecule has 2 aliphatic rings. The number of piperidine rings is 1. The third-order valence-electron chi connectivity index (χ3n) is 5.38. The molecule has 0 aromatic heterocycles. The molecule has 0 radical (unpaired) electrons. The first-order valence-corrected chi connectivity index (χ1v) is 8.97. The maximum Gasteiger partial charge on any atom is 0.0602 e. The molecule has 0 spiro atoms. The van der Waals surface area contributed by atoms with Crippen LogP contribution in [-0.4, -0.2) is 19.1 Å². The van der Waals surface area contributed by atoms with Gasteiger partial charge in [0.1, 0.15) is 0 Å². The predicted octanol–water partition coefficient (Wildman–Crippen LogP) is 5.06. The van der Waals surface area contributed by atoms with E-state index in [1.54, 1.807) is 0 Å². The van der Waals surface area contributed by atoms with Crippen LogP contribution in [0.25, 0.3) is 0 Å². The summed E-state index contributed by atoms with van der Waals surface area (Å²) in [6.45, 7) is 4.78. The zero-order chi connectivity index (χ0) is 14.5. The minimum absolute atomic E-state index is 0.679. The number of rotatable bonds is 4. The number of nitrogens with one attached hydrogen (secondary N) is 1. The minimum Gasteiger partial charge on any atom is -0.381 e. The fraction of sp³-hybridized carbons (Fsp3) is 0.684. The van der Waals surface area contributed by atoms with Crippen LogP contribution >= 0.6 is 0 Å². The summed E-state index contributed by atoms with van der Waals surface area (Å²) in [6, 6.07) is 9.61. The molecule has 1 heterocycles. The maximum atomic E-state index is 3.85. The molecule has 1 N–H and O–H groups in total. The molecule has 2 nitrogen and oxygen atoms in total. The number of benzene rings is 1. The summed E-state index contributed by atoms with van der Waals surface area (Å²) in [7, 11) is 0. The molecule has 0 amide bonds. The summed E-state index contributed by atoms with van der Waals surface area (Å²) >= 11 is 0. The molecule has 1 aliphatic heterocycles.